The zero-order valence-corrected chi connectivity index (χ0v) is 17.3. The maximum Gasteiger partial charge on any atom is 0.262 e. The minimum absolute atomic E-state index is 0. The van der Waals surface area contributed by atoms with Gasteiger partial charge in [0.25, 0.3) is 5.82 Å². The van der Waals surface area contributed by atoms with Gasteiger partial charge in [-0.2, -0.15) is 4.57 Å². The third-order valence-electron chi connectivity index (χ3n) is 4.94. The van der Waals surface area contributed by atoms with Crippen LogP contribution in [0.1, 0.15) is 12.2 Å². The minimum atomic E-state index is 0. The van der Waals surface area contributed by atoms with Crippen LogP contribution in [0.15, 0.2) is 48.7 Å². The average Bonchev–Trinajstić information content (AvgIpc) is 3.30. The van der Waals surface area contributed by atoms with Crippen molar-refractivity contribution in [1.29, 1.82) is 0 Å². The van der Waals surface area contributed by atoms with Crippen molar-refractivity contribution >= 4 is 0 Å². The summed E-state index contributed by atoms with van der Waals surface area (Å²) in [5.41, 5.74) is 3.45. The van der Waals surface area contributed by atoms with Crippen molar-refractivity contribution in [2.45, 2.75) is 19.4 Å². The lowest BCUT2D eigenvalue weighted by molar-refractivity contribution is -0.679. The molecule has 1 aromatic heterocycles. The third-order valence-corrected chi connectivity index (χ3v) is 4.94. The average molecular weight is 431 g/mol. The molecule has 0 saturated carbocycles. The standard InChI is InChI=1S/C21H23N2O3.BrH/c1-24-17-9-7-16(8-10-17)23-14-18(22-12-4-5-21(22)23)15-6-11-19(25-2)20(13-15)26-3;/h6-11,13-14H,4-5,12H2,1-3H3;1H/q+1;/p-1. The minimum Gasteiger partial charge on any atom is -1.00 e. The second-order valence-electron chi connectivity index (χ2n) is 6.32. The summed E-state index contributed by atoms with van der Waals surface area (Å²) in [5.74, 6) is 3.67. The van der Waals surface area contributed by atoms with E-state index in [1.54, 1.807) is 21.3 Å². The first kappa shape index (κ1) is 19.3. The van der Waals surface area contributed by atoms with Crippen molar-refractivity contribution in [2.24, 2.45) is 0 Å². The van der Waals surface area contributed by atoms with Gasteiger partial charge in [0.2, 0.25) is 0 Å². The molecule has 0 atom stereocenters. The Hall–Kier alpha value is -2.47. The number of hydrogen-bond donors (Lipinski definition) is 0. The van der Waals surface area contributed by atoms with Gasteiger partial charge >= 0.3 is 0 Å². The van der Waals surface area contributed by atoms with Crippen LogP contribution in [0.25, 0.3) is 16.9 Å². The fraction of sp³-hybridized carbons (Fsp3) is 0.286. The van der Waals surface area contributed by atoms with E-state index in [0.717, 1.165) is 47.9 Å². The lowest BCUT2D eigenvalue weighted by Gasteiger charge is -2.08. The molecule has 3 aromatic rings. The Morgan fingerprint density at radius 2 is 1.63 bits per heavy atom. The number of halogens is 1. The third kappa shape index (κ3) is 3.41. The van der Waals surface area contributed by atoms with Gasteiger partial charge in [-0.1, -0.05) is 0 Å². The lowest BCUT2D eigenvalue weighted by Crippen LogP contribution is -3.00. The summed E-state index contributed by atoms with van der Waals surface area (Å²) < 4.78 is 20.8. The fourth-order valence-corrected chi connectivity index (χ4v) is 3.63. The summed E-state index contributed by atoms with van der Waals surface area (Å²) in [6.45, 7) is 1.03. The van der Waals surface area contributed by atoms with Crippen LogP contribution in [0, 0.1) is 0 Å². The highest BCUT2D eigenvalue weighted by atomic mass is 79.9. The molecule has 142 valence electrons. The van der Waals surface area contributed by atoms with Crippen LogP contribution in [0.5, 0.6) is 17.2 Å². The zero-order chi connectivity index (χ0) is 18.1. The molecule has 1 aliphatic heterocycles. The Labute approximate surface area is 169 Å². The molecule has 4 rings (SSSR count). The van der Waals surface area contributed by atoms with Crippen molar-refractivity contribution in [3.63, 3.8) is 0 Å². The number of rotatable bonds is 5. The Morgan fingerprint density at radius 3 is 2.30 bits per heavy atom. The smallest absolute Gasteiger partial charge is 0.262 e. The van der Waals surface area contributed by atoms with E-state index in [1.807, 2.05) is 24.3 Å². The SMILES string of the molecule is COc1ccc(-n2cc(-c3ccc(OC)c(OC)c3)[n+]3c2CCC3)cc1.[Br-]. The molecule has 27 heavy (non-hydrogen) atoms. The van der Waals surface area contributed by atoms with E-state index in [0.29, 0.717) is 0 Å². The van der Waals surface area contributed by atoms with Gasteiger partial charge in [0.05, 0.1) is 34.3 Å². The number of ether oxygens (including phenoxy) is 3. The second kappa shape index (κ2) is 8.05. The fourth-order valence-electron chi connectivity index (χ4n) is 3.63. The second-order valence-corrected chi connectivity index (χ2v) is 6.32. The van der Waals surface area contributed by atoms with Gasteiger partial charge in [-0.15, -0.1) is 0 Å². The Morgan fingerprint density at radius 1 is 0.889 bits per heavy atom. The number of imidazole rings is 1. The predicted molar refractivity (Wildman–Crippen MR) is 99.4 cm³/mol. The first-order valence-corrected chi connectivity index (χ1v) is 8.76. The topological polar surface area (TPSA) is 36.5 Å². The van der Waals surface area contributed by atoms with Gasteiger partial charge in [0.1, 0.15) is 17.6 Å². The summed E-state index contributed by atoms with van der Waals surface area (Å²) >= 11 is 0. The number of methoxy groups -OCH3 is 3. The lowest BCUT2D eigenvalue weighted by atomic mass is 10.1. The van der Waals surface area contributed by atoms with E-state index in [4.69, 9.17) is 14.2 Å². The van der Waals surface area contributed by atoms with Crippen LogP contribution >= 0.6 is 0 Å². The van der Waals surface area contributed by atoms with Gasteiger partial charge in [-0.25, -0.2) is 4.57 Å². The van der Waals surface area contributed by atoms with E-state index in [1.165, 1.54) is 11.5 Å². The van der Waals surface area contributed by atoms with Gasteiger partial charge in [0, 0.05) is 5.56 Å². The molecule has 0 unspecified atom stereocenters. The van der Waals surface area contributed by atoms with Crippen LogP contribution in [-0.4, -0.2) is 25.9 Å². The van der Waals surface area contributed by atoms with Gasteiger partial charge < -0.3 is 31.2 Å². The summed E-state index contributed by atoms with van der Waals surface area (Å²) in [7, 11) is 5.01. The molecule has 2 heterocycles. The molecule has 0 spiro atoms. The number of hydrogen-bond acceptors (Lipinski definition) is 3. The van der Waals surface area contributed by atoms with E-state index in [-0.39, 0.29) is 17.0 Å². The van der Waals surface area contributed by atoms with E-state index >= 15 is 0 Å². The molecule has 0 fully saturated rings. The van der Waals surface area contributed by atoms with E-state index in [9.17, 15) is 0 Å². The van der Waals surface area contributed by atoms with Gasteiger partial charge in [0.15, 0.2) is 17.2 Å². The monoisotopic (exact) mass is 430 g/mol. The van der Waals surface area contributed by atoms with Crippen molar-refractivity contribution < 1.29 is 35.8 Å². The number of benzene rings is 2. The summed E-state index contributed by atoms with van der Waals surface area (Å²) in [6, 6.07) is 14.3. The van der Waals surface area contributed by atoms with Crippen molar-refractivity contribution in [3.8, 4) is 34.2 Å². The Balaban J connectivity index is 0.00000210. The molecular formula is C21H23BrN2O3. The summed E-state index contributed by atoms with van der Waals surface area (Å²) in [4.78, 5) is 0. The van der Waals surface area contributed by atoms with E-state index in [2.05, 4.69) is 33.5 Å². The molecule has 2 aromatic carbocycles. The predicted octanol–water partition coefficient (Wildman–Crippen LogP) is 0.408. The molecule has 1 aliphatic rings. The highest BCUT2D eigenvalue weighted by molar-refractivity contribution is 5.62. The molecule has 5 nitrogen and oxygen atoms in total. The molecule has 0 saturated heterocycles. The number of aromatic nitrogens is 2. The van der Waals surface area contributed by atoms with Crippen molar-refractivity contribution in [2.75, 3.05) is 21.3 Å². The van der Waals surface area contributed by atoms with Gasteiger partial charge in [-0.3, -0.25) is 0 Å². The summed E-state index contributed by atoms with van der Waals surface area (Å²) in [6.07, 6.45) is 4.43. The Bertz CT molecular complexity index is 935. The first-order chi connectivity index (χ1) is 12.7. The highest BCUT2D eigenvalue weighted by Crippen LogP contribution is 2.32. The van der Waals surface area contributed by atoms with Crippen LogP contribution in [0.3, 0.4) is 0 Å². The normalized spacial score (nSPS) is 12.3. The Kier molecular flexibility index (Phi) is 5.75. The van der Waals surface area contributed by atoms with E-state index < -0.39 is 0 Å². The molecule has 0 N–H and O–H groups in total. The maximum absolute atomic E-state index is 5.48. The van der Waals surface area contributed by atoms with Crippen LogP contribution in [0.2, 0.25) is 0 Å². The number of fused-ring (bicyclic) bond motifs is 1. The first-order valence-electron chi connectivity index (χ1n) is 8.76. The van der Waals surface area contributed by atoms with Crippen molar-refractivity contribution in [3.05, 3.63) is 54.5 Å². The van der Waals surface area contributed by atoms with Crippen molar-refractivity contribution in [1.82, 2.24) is 4.57 Å². The molecule has 6 heteroatoms. The summed E-state index contributed by atoms with van der Waals surface area (Å²) in [5, 5.41) is 0. The largest absolute Gasteiger partial charge is 1.00 e. The molecule has 0 aliphatic carbocycles. The van der Waals surface area contributed by atoms with Crippen LogP contribution in [-0.2, 0) is 13.0 Å². The molecule has 0 bridgehead atoms. The number of nitrogens with zero attached hydrogens (tertiary/aromatic N) is 2. The molecule has 0 amide bonds. The maximum atomic E-state index is 5.48. The molecular weight excluding hydrogens is 408 g/mol. The molecule has 0 radical (unpaired) electrons. The van der Waals surface area contributed by atoms with Gasteiger partial charge in [-0.05, 0) is 48.9 Å². The zero-order valence-electron chi connectivity index (χ0n) is 15.7. The van der Waals surface area contributed by atoms with Crippen LogP contribution in [0.4, 0.5) is 0 Å². The highest BCUT2D eigenvalue weighted by Gasteiger charge is 2.30. The van der Waals surface area contributed by atoms with Crippen LogP contribution < -0.4 is 35.8 Å². The quantitative estimate of drug-likeness (QED) is 0.550.